The van der Waals surface area contributed by atoms with E-state index in [2.05, 4.69) is 15.7 Å². The largest absolute Gasteiger partial charge is 0.365 e. The molecule has 1 aliphatic carbocycles. The van der Waals surface area contributed by atoms with Crippen molar-refractivity contribution >= 4 is 16.5 Å². The first-order valence-corrected chi connectivity index (χ1v) is 5.51. The molecular formula is C9H15N3S. The zero-order valence-electron chi connectivity index (χ0n) is 7.84. The summed E-state index contributed by atoms with van der Waals surface area (Å²) in [7, 11) is 1.89. The average Bonchev–Trinajstić information content (AvgIpc) is 2.49. The van der Waals surface area contributed by atoms with Crippen molar-refractivity contribution in [2.45, 2.75) is 31.2 Å². The zero-order chi connectivity index (χ0) is 9.31. The van der Waals surface area contributed by atoms with E-state index in [4.69, 9.17) is 5.73 Å². The van der Waals surface area contributed by atoms with Gasteiger partial charge in [0.25, 0.3) is 0 Å². The van der Waals surface area contributed by atoms with E-state index in [1.54, 1.807) is 11.3 Å². The normalized spacial score (nSPS) is 19.5. The lowest BCUT2D eigenvalue weighted by molar-refractivity contribution is 0.246. The van der Waals surface area contributed by atoms with E-state index in [0.29, 0.717) is 0 Å². The molecule has 1 aliphatic rings. The fraction of sp³-hybridized carbons (Fsp3) is 0.667. The molecule has 1 fully saturated rings. The van der Waals surface area contributed by atoms with E-state index in [-0.39, 0.29) is 5.54 Å². The maximum atomic E-state index is 6.13. The van der Waals surface area contributed by atoms with Gasteiger partial charge in [0, 0.05) is 24.4 Å². The first-order valence-electron chi connectivity index (χ1n) is 4.63. The van der Waals surface area contributed by atoms with Crippen LogP contribution >= 0.6 is 11.3 Å². The molecule has 3 nitrogen and oxygen atoms in total. The van der Waals surface area contributed by atoms with Gasteiger partial charge in [0.15, 0.2) is 5.13 Å². The third-order valence-corrected chi connectivity index (χ3v) is 3.56. The minimum absolute atomic E-state index is 0.0546. The van der Waals surface area contributed by atoms with Gasteiger partial charge in [-0.15, -0.1) is 11.3 Å². The summed E-state index contributed by atoms with van der Waals surface area (Å²) in [5.41, 5.74) is 7.32. The fourth-order valence-corrected chi connectivity index (χ4v) is 2.34. The number of hydrogen-bond acceptors (Lipinski definition) is 4. The van der Waals surface area contributed by atoms with Gasteiger partial charge in [-0.3, -0.25) is 0 Å². The Labute approximate surface area is 82.4 Å². The maximum Gasteiger partial charge on any atom is 0.182 e. The number of anilines is 1. The summed E-state index contributed by atoms with van der Waals surface area (Å²) in [4.78, 5) is 4.42. The highest BCUT2D eigenvalue weighted by Gasteiger charge is 2.33. The van der Waals surface area contributed by atoms with Crippen LogP contribution in [0.3, 0.4) is 0 Å². The Kier molecular flexibility index (Phi) is 2.26. The van der Waals surface area contributed by atoms with Gasteiger partial charge in [-0.05, 0) is 19.3 Å². The molecule has 1 aromatic heterocycles. The molecule has 0 amide bonds. The van der Waals surface area contributed by atoms with E-state index in [9.17, 15) is 0 Å². The summed E-state index contributed by atoms with van der Waals surface area (Å²) < 4.78 is 0. The summed E-state index contributed by atoms with van der Waals surface area (Å²) in [6.07, 6.45) is 4.52. The average molecular weight is 197 g/mol. The smallest absolute Gasteiger partial charge is 0.182 e. The number of aromatic nitrogens is 1. The molecule has 1 heterocycles. The van der Waals surface area contributed by atoms with Crippen molar-refractivity contribution in [3.63, 3.8) is 0 Å². The number of nitrogens with one attached hydrogen (secondary N) is 1. The second kappa shape index (κ2) is 3.27. The van der Waals surface area contributed by atoms with E-state index in [1.165, 1.54) is 6.42 Å². The van der Waals surface area contributed by atoms with Crippen LogP contribution in [-0.4, -0.2) is 17.6 Å². The lowest BCUT2D eigenvalue weighted by atomic mass is 9.75. The van der Waals surface area contributed by atoms with Crippen molar-refractivity contribution in [1.82, 2.24) is 4.98 Å². The highest BCUT2D eigenvalue weighted by Crippen LogP contribution is 2.32. The minimum Gasteiger partial charge on any atom is -0.365 e. The SMILES string of the molecule is CNc1nc(CC2(N)CCC2)cs1. The van der Waals surface area contributed by atoms with Crippen molar-refractivity contribution in [3.8, 4) is 0 Å². The molecule has 0 spiro atoms. The molecule has 0 radical (unpaired) electrons. The van der Waals surface area contributed by atoms with Gasteiger partial charge in [0.05, 0.1) is 5.69 Å². The Morgan fingerprint density at radius 1 is 1.69 bits per heavy atom. The Morgan fingerprint density at radius 3 is 2.92 bits per heavy atom. The Morgan fingerprint density at radius 2 is 2.46 bits per heavy atom. The molecule has 3 N–H and O–H groups in total. The topological polar surface area (TPSA) is 50.9 Å². The van der Waals surface area contributed by atoms with Crippen molar-refractivity contribution < 1.29 is 0 Å². The van der Waals surface area contributed by atoms with Crippen LogP contribution in [0.4, 0.5) is 5.13 Å². The number of hydrogen-bond donors (Lipinski definition) is 2. The molecule has 0 bridgehead atoms. The summed E-state index contributed by atoms with van der Waals surface area (Å²) in [6, 6.07) is 0. The lowest BCUT2D eigenvalue weighted by Crippen LogP contribution is -2.48. The van der Waals surface area contributed by atoms with Crippen molar-refractivity contribution in [3.05, 3.63) is 11.1 Å². The first-order chi connectivity index (χ1) is 6.22. The van der Waals surface area contributed by atoms with Crippen LogP contribution in [-0.2, 0) is 6.42 Å². The monoisotopic (exact) mass is 197 g/mol. The van der Waals surface area contributed by atoms with E-state index in [0.717, 1.165) is 30.1 Å². The second-order valence-corrected chi connectivity index (χ2v) is 4.64. The molecule has 2 rings (SSSR count). The molecule has 0 aromatic carbocycles. The van der Waals surface area contributed by atoms with Gasteiger partial charge in [0.1, 0.15) is 0 Å². The van der Waals surface area contributed by atoms with Crippen LogP contribution in [0.2, 0.25) is 0 Å². The van der Waals surface area contributed by atoms with Crippen molar-refractivity contribution in [1.29, 1.82) is 0 Å². The maximum absolute atomic E-state index is 6.13. The summed E-state index contributed by atoms with van der Waals surface area (Å²) in [6.45, 7) is 0. The number of nitrogens with two attached hydrogens (primary N) is 1. The highest BCUT2D eigenvalue weighted by atomic mass is 32.1. The number of rotatable bonds is 3. The standard InChI is InChI=1S/C9H15N3S/c1-11-8-12-7(6-13-8)5-9(10)3-2-4-9/h6H,2-5,10H2,1H3,(H,11,12). The molecular weight excluding hydrogens is 182 g/mol. The number of nitrogens with zero attached hydrogens (tertiary/aromatic N) is 1. The minimum atomic E-state index is 0.0546. The molecule has 4 heteroatoms. The highest BCUT2D eigenvalue weighted by molar-refractivity contribution is 7.13. The van der Waals surface area contributed by atoms with Gasteiger partial charge in [0.2, 0.25) is 0 Å². The quantitative estimate of drug-likeness (QED) is 0.774. The van der Waals surface area contributed by atoms with E-state index < -0.39 is 0 Å². The molecule has 1 aromatic rings. The third kappa shape index (κ3) is 1.84. The lowest BCUT2D eigenvalue weighted by Gasteiger charge is -2.37. The summed E-state index contributed by atoms with van der Waals surface area (Å²) in [5.74, 6) is 0. The van der Waals surface area contributed by atoms with Crippen LogP contribution < -0.4 is 11.1 Å². The van der Waals surface area contributed by atoms with Crippen LogP contribution in [0.1, 0.15) is 25.0 Å². The van der Waals surface area contributed by atoms with Crippen LogP contribution in [0, 0.1) is 0 Å². The zero-order valence-corrected chi connectivity index (χ0v) is 8.66. The second-order valence-electron chi connectivity index (χ2n) is 3.79. The molecule has 0 aliphatic heterocycles. The van der Waals surface area contributed by atoms with Crippen molar-refractivity contribution in [2.75, 3.05) is 12.4 Å². The summed E-state index contributed by atoms with van der Waals surface area (Å²) in [5, 5.41) is 6.12. The van der Waals surface area contributed by atoms with Gasteiger partial charge >= 0.3 is 0 Å². The van der Waals surface area contributed by atoms with Gasteiger partial charge in [-0.25, -0.2) is 4.98 Å². The molecule has 72 valence electrons. The van der Waals surface area contributed by atoms with Gasteiger partial charge in [-0.2, -0.15) is 0 Å². The summed E-state index contributed by atoms with van der Waals surface area (Å²) >= 11 is 1.65. The number of thiazole rings is 1. The van der Waals surface area contributed by atoms with Crippen LogP contribution in [0.15, 0.2) is 5.38 Å². The Balaban J connectivity index is 2.01. The predicted octanol–water partition coefficient (Wildman–Crippen LogP) is 1.61. The molecule has 0 unspecified atom stereocenters. The molecule has 13 heavy (non-hydrogen) atoms. The fourth-order valence-electron chi connectivity index (χ4n) is 1.67. The van der Waals surface area contributed by atoms with Crippen LogP contribution in [0.5, 0.6) is 0 Å². The van der Waals surface area contributed by atoms with E-state index >= 15 is 0 Å². The Bertz CT molecular complexity index is 291. The Hall–Kier alpha value is -0.610. The molecule has 1 saturated carbocycles. The predicted molar refractivity (Wildman–Crippen MR) is 56.1 cm³/mol. The molecule has 0 saturated heterocycles. The van der Waals surface area contributed by atoms with E-state index in [1.807, 2.05) is 7.05 Å². The molecule has 0 atom stereocenters. The van der Waals surface area contributed by atoms with Gasteiger partial charge in [-0.1, -0.05) is 0 Å². The van der Waals surface area contributed by atoms with Crippen molar-refractivity contribution in [2.24, 2.45) is 5.73 Å². The third-order valence-electron chi connectivity index (χ3n) is 2.65. The van der Waals surface area contributed by atoms with Crippen LogP contribution in [0.25, 0.3) is 0 Å². The first kappa shape index (κ1) is 8.97. The van der Waals surface area contributed by atoms with Gasteiger partial charge < -0.3 is 11.1 Å².